The molecule has 3 heteroatoms. The number of halogens is 1. The summed E-state index contributed by atoms with van der Waals surface area (Å²) in [5, 5.41) is 0.622. The quantitative estimate of drug-likeness (QED) is 0.724. The third-order valence-electron chi connectivity index (χ3n) is 1.29. The zero-order valence-electron chi connectivity index (χ0n) is 7.04. The van der Waals surface area contributed by atoms with Crippen molar-refractivity contribution >= 4 is 24.2 Å². The minimum absolute atomic E-state index is 0.173. The van der Waals surface area contributed by atoms with Crippen LogP contribution in [0.4, 0.5) is 0 Å². The van der Waals surface area contributed by atoms with Gasteiger partial charge in [0, 0.05) is 4.90 Å². The summed E-state index contributed by atoms with van der Waals surface area (Å²) >= 11 is 9.99. The third kappa shape index (κ3) is 2.61. The van der Waals surface area contributed by atoms with Crippen molar-refractivity contribution in [2.24, 2.45) is 0 Å². The summed E-state index contributed by atoms with van der Waals surface area (Å²) in [5.74, 6) is 0.785. The second-order valence-electron chi connectivity index (χ2n) is 2.78. The molecule has 0 aromatic heterocycles. The van der Waals surface area contributed by atoms with Crippen molar-refractivity contribution in [2.45, 2.75) is 24.8 Å². The van der Waals surface area contributed by atoms with E-state index in [1.54, 1.807) is 6.07 Å². The van der Waals surface area contributed by atoms with E-state index in [-0.39, 0.29) is 6.10 Å². The SMILES string of the molecule is CC(C)Oc1ccc(S)c(Cl)c1. The Bertz CT molecular complexity index is 273. The Balaban J connectivity index is 2.82. The van der Waals surface area contributed by atoms with Crippen molar-refractivity contribution in [3.8, 4) is 5.75 Å². The van der Waals surface area contributed by atoms with Crippen LogP contribution in [0.25, 0.3) is 0 Å². The minimum Gasteiger partial charge on any atom is -0.491 e. The summed E-state index contributed by atoms with van der Waals surface area (Å²) in [5.41, 5.74) is 0. The van der Waals surface area contributed by atoms with Gasteiger partial charge in [0.2, 0.25) is 0 Å². The standard InChI is InChI=1S/C9H11ClOS/c1-6(2)11-7-3-4-9(12)8(10)5-7/h3-6,12H,1-2H3. The van der Waals surface area contributed by atoms with Gasteiger partial charge in [0.25, 0.3) is 0 Å². The topological polar surface area (TPSA) is 9.23 Å². The Morgan fingerprint density at radius 3 is 2.58 bits per heavy atom. The molecular formula is C9H11ClOS. The van der Waals surface area contributed by atoms with Crippen LogP contribution in [0, 0.1) is 0 Å². The van der Waals surface area contributed by atoms with Crippen molar-refractivity contribution in [1.29, 1.82) is 0 Å². The minimum atomic E-state index is 0.173. The molecular weight excluding hydrogens is 192 g/mol. The lowest BCUT2D eigenvalue weighted by molar-refractivity contribution is 0.242. The predicted octanol–water partition coefficient (Wildman–Crippen LogP) is 3.42. The predicted molar refractivity (Wildman–Crippen MR) is 54.5 cm³/mol. The highest BCUT2D eigenvalue weighted by molar-refractivity contribution is 7.80. The summed E-state index contributed by atoms with van der Waals surface area (Å²) in [6, 6.07) is 5.45. The second-order valence-corrected chi connectivity index (χ2v) is 3.67. The molecule has 0 saturated heterocycles. The van der Waals surface area contributed by atoms with Crippen LogP contribution in [0.3, 0.4) is 0 Å². The van der Waals surface area contributed by atoms with Gasteiger partial charge in [-0.3, -0.25) is 0 Å². The number of ether oxygens (including phenoxy) is 1. The van der Waals surface area contributed by atoms with Gasteiger partial charge in [-0.2, -0.15) is 0 Å². The van der Waals surface area contributed by atoms with Gasteiger partial charge in [0.05, 0.1) is 11.1 Å². The van der Waals surface area contributed by atoms with E-state index in [4.69, 9.17) is 16.3 Å². The molecule has 0 bridgehead atoms. The van der Waals surface area contributed by atoms with Crippen LogP contribution < -0.4 is 4.74 Å². The molecule has 0 aliphatic rings. The van der Waals surface area contributed by atoms with Crippen molar-refractivity contribution in [3.63, 3.8) is 0 Å². The van der Waals surface area contributed by atoms with Crippen molar-refractivity contribution in [2.75, 3.05) is 0 Å². The van der Waals surface area contributed by atoms with E-state index in [0.29, 0.717) is 5.02 Å². The highest BCUT2D eigenvalue weighted by Gasteiger charge is 2.00. The fourth-order valence-corrected chi connectivity index (χ4v) is 1.14. The van der Waals surface area contributed by atoms with E-state index in [0.717, 1.165) is 10.6 Å². The molecule has 0 N–H and O–H groups in total. The molecule has 0 unspecified atom stereocenters. The van der Waals surface area contributed by atoms with E-state index in [2.05, 4.69) is 12.6 Å². The highest BCUT2D eigenvalue weighted by Crippen LogP contribution is 2.25. The average Bonchev–Trinajstić information content (AvgIpc) is 1.96. The Hall–Kier alpha value is -0.340. The van der Waals surface area contributed by atoms with Crippen LogP contribution >= 0.6 is 24.2 Å². The average molecular weight is 203 g/mol. The van der Waals surface area contributed by atoms with Crippen LogP contribution in [0.5, 0.6) is 5.75 Å². The van der Waals surface area contributed by atoms with Gasteiger partial charge in [0.15, 0.2) is 0 Å². The maximum Gasteiger partial charge on any atom is 0.121 e. The first-order valence-electron chi connectivity index (χ1n) is 3.75. The van der Waals surface area contributed by atoms with Gasteiger partial charge in [-0.05, 0) is 32.0 Å². The summed E-state index contributed by atoms with van der Waals surface area (Å²) in [7, 11) is 0. The molecule has 1 rings (SSSR count). The first-order valence-corrected chi connectivity index (χ1v) is 4.57. The number of hydrogen-bond donors (Lipinski definition) is 1. The first-order chi connectivity index (χ1) is 5.59. The van der Waals surface area contributed by atoms with Gasteiger partial charge in [0.1, 0.15) is 5.75 Å². The third-order valence-corrected chi connectivity index (χ3v) is 2.13. The van der Waals surface area contributed by atoms with E-state index >= 15 is 0 Å². The molecule has 0 amide bonds. The lowest BCUT2D eigenvalue weighted by atomic mass is 10.3. The van der Waals surface area contributed by atoms with Crippen molar-refractivity contribution < 1.29 is 4.74 Å². The second kappa shape index (κ2) is 4.06. The zero-order chi connectivity index (χ0) is 9.14. The lowest BCUT2D eigenvalue weighted by Gasteiger charge is -2.09. The monoisotopic (exact) mass is 202 g/mol. The van der Waals surface area contributed by atoms with Crippen LogP contribution in [0.2, 0.25) is 5.02 Å². The van der Waals surface area contributed by atoms with Gasteiger partial charge in [-0.25, -0.2) is 0 Å². The Morgan fingerprint density at radius 1 is 1.42 bits per heavy atom. The largest absolute Gasteiger partial charge is 0.491 e. The van der Waals surface area contributed by atoms with E-state index < -0.39 is 0 Å². The van der Waals surface area contributed by atoms with Gasteiger partial charge < -0.3 is 4.74 Å². The maximum absolute atomic E-state index is 5.84. The lowest BCUT2D eigenvalue weighted by Crippen LogP contribution is -2.05. The number of thiol groups is 1. The van der Waals surface area contributed by atoms with Gasteiger partial charge in [-0.1, -0.05) is 11.6 Å². The molecule has 0 aliphatic heterocycles. The molecule has 0 radical (unpaired) electrons. The summed E-state index contributed by atoms with van der Waals surface area (Å²) in [4.78, 5) is 0.771. The van der Waals surface area contributed by atoms with Crippen LogP contribution in [-0.2, 0) is 0 Å². The maximum atomic E-state index is 5.84. The van der Waals surface area contributed by atoms with E-state index in [9.17, 15) is 0 Å². The zero-order valence-corrected chi connectivity index (χ0v) is 8.69. The van der Waals surface area contributed by atoms with Crippen LogP contribution in [0.15, 0.2) is 23.1 Å². The number of rotatable bonds is 2. The fraction of sp³-hybridized carbons (Fsp3) is 0.333. The molecule has 12 heavy (non-hydrogen) atoms. The summed E-state index contributed by atoms with van der Waals surface area (Å²) < 4.78 is 5.43. The Labute approximate surface area is 83.1 Å². The molecule has 0 saturated carbocycles. The van der Waals surface area contributed by atoms with Crippen molar-refractivity contribution in [1.82, 2.24) is 0 Å². The molecule has 0 spiro atoms. The summed E-state index contributed by atoms with van der Waals surface area (Å²) in [6.45, 7) is 3.95. The van der Waals surface area contributed by atoms with Crippen LogP contribution in [-0.4, -0.2) is 6.10 Å². The molecule has 1 aromatic rings. The number of benzene rings is 1. The molecule has 1 aromatic carbocycles. The van der Waals surface area contributed by atoms with Gasteiger partial charge >= 0.3 is 0 Å². The molecule has 0 fully saturated rings. The Morgan fingerprint density at radius 2 is 2.08 bits per heavy atom. The molecule has 0 aliphatic carbocycles. The molecule has 0 atom stereocenters. The molecule has 0 heterocycles. The Kier molecular flexibility index (Phi) is 3.29. The first kappa shape index (κ1) is 9.75. The van der Waals surface area contributed by atoms with Crippen LogP contribution in [0.1, 0.15) is 13.8 Å². The smallest absolute Gasteiger partial charge is 0.121 e. The molecule has 1 nitrogen and oxygen atoms in total. The van der Waals surface area contributed by atoms with Crippen molar-refractivity contribution in [3.05, 3.63) is 23.2 Å². The van der Waals surface area contributed by atoms with E-state index in [1.165, 1.54) is 0 Å². The molecule has 66 valence electrons. The normalized spacial score (nSPS) is 10.4. The fourth-order valence-electron chi connectivity index (χ4n) is 0.833. The van der Waals surface area contributed by atoms with E-state index in [1.807, 2.05) is 26.0 Å². The highest BCUT2D eigenvalue weighted by atomic mass is 35.5. The van der Waals surface area contributed by atoms with Gasteiger partial charge in [-0.15, -0.1) is 12.6 Å². The number of hydrogen-bond acceptors (Lipinski definition) is 2. The summed E-state index contributed by atoms with van der Waals surface area (Å²) in [6.07, 6.45) is 0.173.